The van der Waals surface area contributed by atoms with Gasteiger partial charge in [-0.1, -0.05) is 0 Å². The van der Waals surface area contributed by atoms with E-state index in [9.17, 15) is 0 Å². The van der Waals surface area contributed by atoms with Gasteiger partial charge in [0.2, 0.25) is 0 Å². The van der Waals surface area contributed by atoms with Crippen molar-refractivity contribution in [3.05, 3.63) is 17.8 Å². The van der Waals surface area contributed by atoms with Crippen LogP contribution in [0, 0.1) is 11.3 Å². The van der Waals surface area contributed by atoms with Gasteiger partial charge in [-0.3, -0.25) is 0 Å². The van der Waals surface area contributed by atoms with Gasteiger partial charge in [0.25, 0.3) is 0 Å². The molecule has 0 aliphatic rings. The van der Waals surface area contributed by atoms with E-state index in [1.807, 2.05) is 12.3 Å². The van der Waals surface area contributed by atoms with Crippen molar-refractivity contribution >= 4 is 17.6 Å². The van der Waals surface area contributed by atoms with E-state index in [2.05, 4.69) is 15.5 Å². The first kappa shape index (κ1) is 12.7. The fraction of sp³-hybridized carbons (Fsp3) is 0.500. The molecular formula is C10H14N4OS. The Bertz CT molecular complexity index is 349. The van der Waals surface area contributed by atoms with Crippen molar-refractivity contribution in [2.24, 2.45) is 0 Å². The maximum atomic E-state index is 9.14. The third kappa shape index (κ3) is 4.04. The first-order chi connectivity index (χ1) is 7.80. The third-order valence-corrected chi connectivity index (χ3v) is 2.67. The van der Waals surface area contributed by atoms with Gasteiger partial charge in [-0.2, -0.15) is 17.0 Å². The van der Waals surface area contributed by atoms with Crippen molar-refractivity contribution in [1.82, 2.24) is 10.2 Å². The summed E-state index contributed by atoms with van der Waals surface area (Å²) in [5.41, 5.74) is 0.287. The molecule has 0 aromatic carbocycles. The molecule has 1 aromatic rings. The standard InChI is InChI=1S/C10H14N4OS/c1-16-5-4-9(7-15)12-10-3-2-8(6-11)13-14-10/h2-3,9,15H,4-5,7H2,1H3,(H,12,14). The topological polar surface area (TPSA) is 81.8 Å². The van der Waals surface area contributed by atoms with E-state index in [-0.39, 0.29) is 18.3 Å². The summed E-state index contributed by atoms with van der Waals surface area (Å²) in [6.07, 6.45) is 2.88. The number of nitrogens with zero attached hydrogens (tertiary/aromatic N) is 3. The Kier molecular flexibility index (Phi) is 5.61. The van der Waals surface area contributed by atoms with Gasteiger partial charge in [-0.15, -0.1) is 10.2 Å². The monoisotopic (exact) mass is 238 g/mol. The molecular weight excluding hydrogens is 224 g/mol. The van der Waals surface area contributed by atoms with Gasteiger partial charge in [0, 0.05) is 0 Å². The van der Waals surface area contributed by atoms with Crippen LogP contribution in [0.1, 0.15) is 12.1 Å². The van der Waals surface area contributed by atoms with Crippen molar-refractivity contribution in [1.29, 1.82) is 5.26 Å². The van der Waals surface area contributed by atoms with Crippen LogP contribution in [0.3, 0.4) is 0 Å². The summed E-state index contributed by atoms with van der Waals surface area (Å²) in [5.74, 6) is 1.56. The van der Waals surface area contributed by atoms with Crippen LogP contribution in [0.15, 0.2) is 12.1 Å². The number of hydrogen-bond donors (Lipinski definition) is 2. The Labute approximate surface area is 98.9 Å². The van der Waals surface area contributed by atoms with E-state index in [4.69, 9.17) is 10.4 Å². The molecule has 2 N–H and O–H groups in total. The van der Waals surface area contributed by atoms with Crippen LogP contribution in [-0.4, -0.2) is 40.0 Å². The predicted molar refractivity (Wildman–Crippen MR) is 64.2 cm³/mol. The Morgan fingerprint density at radius 3 is 2.88 bits per heavy atom. The minimum absolute atomic E-state index is 0.0188. The minimum Gasteiger partial charge on any atom is -0.394 e. The lowest BCUT2D eigenvalue weighted by atomic mass is 10.2. The Morgan fingerprint density at radius 2 is 2.38 bits per heavy atom. The highest BCUT2D eigenvalue weighted by Crippen LogP contribution is 2.07. The first-order valence-corrected chi connectivity index (χ1v) is 6.29. The van der Waals surface area contributed by atoms with Crippen molar-refractivity contribution in [2.45, 2.75) is 12.5 Å². The smallest absolute Gasteiger partial charge is 0.163 e. The number of hydrogen-bond acceptors (Lipinski definition) is 6. The highest BCUT2D eigenvalue weighted by molar-refractivity contribution is 7.98. The van der Waals surface area contributed by atoms with Crippen LogP contribution in [0.2, 0.25) is 0 Å². The Morgan fingerprint density at radius 1 is 1.56 bits per heavy atom. The molecule has 0 saturated heterocycles. The number of aliphatic hydroxyl groups excluding tert-OH is 1. The van der Waals surface area contributed by atoms with Gasteiger partial charge in [0.15, 0.2) is 5.69 Å². The van der Waals surface area contributed by atoms with Crippen molar-refractivity contribution in [2.75, 3.05) is 23.9 Å². The van der Waals surface area contributed by atoms with Gasteiger partial charge in [0.05, 0.1) is 12.6 Å². The van der Waals surface area contributed by atoms with Crippen LogP contribution < -0.4 is 5.32 Å². The van der Waals surface area contributed by atoms with Gasteiger partial charge < -0.3 is 10.4 Å². The number of aliphatic hydroxyl groups is 1. The third-order valence-electron chi connectivity index (χ3n) is 2.02. The maximum absolute atomic E-state index is 9.14. The molecule has 1 atom stereocenters. The molecule has 0 aliphatic carbocycles. The predicted octanol–water partition coefficient (Wildman–Crippen LogP) is 0.874. The summed E-state index contributed by atoms with van der Waals surface area (Å²) < 4.78 is 0. The summed E-state index contributed by atoms with van der Waals surface area (Å²) >= 11 is 1.73. The highest BCUT2D eigenvalue weighted by atomic mass is 32.2. The Balaban J connectivity index is 2.53. The second-order valence-corrected chi connectivity index (χ2v) is 4.21. The zero-order chi connectivity index (χ0) is 11.8. The zero-order valence-corrected chi connectivity index (χ0v) is 9.87. The molecule has 0 radical (unpaired) electrons. The van der Waals surface area contributed by atoms with E-state index < -0.39 is 0 Å². The molecule has 0 saturated carbocycles. The summed E-state index contributed by atoms with van der Waals surface area (Å²) in [6, 6.07) is 5.17. The van der Waals surface area contributed by atoms with Gasteiger partial charge in [0.1, 0.15) is 11.9 Å². The van der Waals surface area contributed by atoms with Crippen molar-refractivity contribution in [3.63, 3.8) is 0 Å². The molecule has 0 fully saturated rings. The molecule has 86 valence electrons. The average molecular weight is 238 g/mol. The van der Waals surface area contributed by atoms with Crippen LogP contribution >= 0.6 is 11.8 Å². The number of thioether (sulfide) groups is 1. The summed E-state index contributed by atoms with van der Waals surface area (Å²) in [7, 11) is 0. The molecule has 1 aromatic heterocycles. The second kappa shape index (κ2) is 7.04. The highest BCUT2D eigenvalue weighted by Gasteiger charge is 2.07. The quantitative estimate of drug-likeness (QED) is 0.765. The van der Waals surface area contributed by atoms with E-state index in [1.54, 1.807) is 23.9 Å². The van der Waals surface area contributed by atoms with Crippen molar-refractivity contribution < 1.29 is 5.11 Å². The number of nitriles is 1. The van der Waals surface area contributed by atoms with Crippen LogP contribution in [0.25, 0.3) is 0 Å². The molecule has 16 heavy (non-hydrogen) atoms. The van der Waals surface area contributed by atoms with Gasteiger partial charge in [-0.05, 0) is 30.6 Å². The van der Waals surface area contributed by atoms with E-state index >= 15 is 0 Å². The molecule has 0 spiro atoms. The normalized spacial score (nSPS) is 11.8. The molecule has 0 amide bonds. The van der Waals surface area contributed by atoms with Gasteiger partial charge in [-0.25, -0.2) is 0 Å². The molecule has 1 heterocycles. The number of aromatic nitrogens is 2. The molecule has 1 unspecified atom stereocenters. The fourth-order valence-corrected chi connectivity index (χ4v) is 1.67. The molecule has 5 nitrogen and oxygen atoms in total. The number of rotatable bonds is 6. The lowest BCUT2D eigenvalue weighted by Gasteiger charge is -2.15. The summed E-state index contributed by atoms with van der Waals surface area (Å²) in [5, 5.41) is 28.3. The minimum atomic E-state index is -0.0188. The fourth-order valence-electron chi connectivity index (χ4n) is 1.15. The Hall–Kier alpha value is -1.32. The summed E-state index contributed by atoms with van der Waals surface area (Å²) in [4.78, 5) is 0. The van der Waals surface area contributed by atoms with Crippen LogP contribution in [0.4, 0.5) is 5.82 Å². The number of anilines is 1. The molecule has 1 rings (SSSR count). The molecule has 6 heteroatoms. The van der Waals surface area contributed by atoms with Crippen LogP contribution in [0.5, 0.6) is 0 Å². The average Bonchev–Trinajstić information content (AvgIpc) is 2.35. The SMILES string of the molecule is CSCCC(CO)Nc1ccc(C#N)nn1. The summed E-state index contributed by atoms with van der Waals surface area (Å²) in [6.45, 7) is 0.0578. The largest absolute Gasteiger partial charge is 0.394 e. The van der Waals surface area contributed by atoms with Crippen molar-refractivity contribution in [3.8, 4) is 6.07 Å². The number of nitrogens with one attached hydrogen (secondary N) is 1. The molecule has 0 bridgehead atoms. The lowest BCUT2D eigenvalue weighted by molar-refractivity contribution is 0.272. The maximum Gasteiger partial charge on any atom is 0.163 e. The van der Waals surface area contributed by atoms with Crippen LogP contribution in [-0.2, 0) is 0 Å². The second-order valence-electron chi connectivity index (χ2n) is 3.22. The lowest BCUT2D eigenvalue weighted by Crippen LogP contribution is -2.25. The van der Waals surface area contributed by atoms with Gasteiger partial charge >= 0.3 is 0 Å². The van der Waals surface area contributed by atoms with E-state index in [1.165, 1.54) is 0 Å². The first-order valence-electron chi connectivity index (χ1n) is 4.90. The molecule has 0 aliphatic heterocycles. The van der Waals surface area contributed by atoms with E-state index in [0.29, 0.717) is 5.82 Å². The zero-order valence-electron chi connectivity index (χ0n) is 9.05. The van der Waals surface area contributed by atoms with E-state index in [0.717, 1.165) is 12.2 Å².